The number of hydrogen-bond donors (Lipinski definition) is 2. The van der Waals surface area contributed by atoms with Crippen LogP contribution >= 0.6 is 11.6 Å². The lowest BCUT2D eigenvalue weighted by molar-refractivity contribution is -0.139. The van der Waals surface area contributed by atoms with Gasteiger partial charge in [0.25, 0.3) is 5.91 Å². The normalized spacial score (nSPS) is 11.7. The van der Waals surface area contributed by atoms with Crippen molar-refractivity contribution in [1.82, 2.24) is 5.32 Å². The van der Waals surface area contributed by atoms with Gasteiger partial charge in [0.05, 0.1) is 5.56 Å². The summed E-state index contributed by atoms with van der Waals surface area (Å²) in [7, 11) is 0. The number of nitrogens with one attached hydrogen (secondary N) is 1. The summed E-state index contributed by atoms with van der Waals surface area (Å²) in [5, 5.41) is 11.6. The van der Waals surface area contributed by atoms with Gasteiger partial charge in [-0.3, -0.25) is 4.79 Å². The van der Waals surface area contributed by atoms with E-state index in [4.69, 9.17) is 11.6 Å². The van der Waals surface area contributed by atoms with Gasteiger partial charge < -0.3 is 10.4 Å². The van der Waals surface area contributed by atoms with Crippen LogP contribution in [-0.4, -0.2) is 17.0 Å². The van der Waals surface area contributed by atoms with Crippen molar-refractivity contribution in [1.29, 1.82) is 0 Å². The predicted octanol–water partition coefficient (Wildman–Crippen LogP) is 3.03. The molecule has 0 saturated carbocycles. The smallest absolute Gasteiger partial charge is 0.330 e. The molecular formula is C15H11ClFNO3. The molecule has 0 heterocycles. The highest BCUT2D eigenvalue weighted by Crippen LogP contribution is 2.17. The van der Waals surface area contributed by atoms with E-state index in [2.05, 4.69) is 5.32 Å². The number of aliphatic carboxylic acids is 1. The van der Waals surface area contributed by atoms with Crippen molar-refractivity contribution >= 4 is 23.5 Å². The Morgan fingerprint density at radius 1 is 1.14 bits per heavy atom. The average Bonchev–Trinajstić information content (AvgIpc) is 2.45. The molecule has 0 aliphatic rings. The zero-order valence-corrected chi connectivity index (χ0v) is 11.5. The summed E-state index contributed by atoms with van der Waals surface area (Å²) in [5.41, 5.74) is 0.134. The molecule has 0 aromatic heterocycles. The zero-order chi connectivity index (χ0) is 15.4. The Balaban J connectivity index is 2.25. The molecule has 0 aliphatic heterocycles. The minimum absolute atomic E-state index is 0.155. The molecule has 108 valence electrons. The maximum atomic E-state index is 13.7. The average molecular weight is 308 g/mol. The molecule has 0 unspecified atom stereocenters. The topological polar surface area (TPSA) is 66.4 Å². The summed E-state index contributed by atoms with van der Waals surface area (Å²) in [4.78, 5) is 23.3. The monoisotopic (exact) mass is 307 g/mol. The van der Waals surface area contributed by atoms with Crippen LogP contribution in [0.5, 0.6) is 0 Å². The molecule has 0 spiro atoms. The number of benzene rings is 2. The van der Waals surface area contributed by atoms with Gasteiger partial charge in [-0.05, 0) is 23.8 Å². The first-order chi connectivity index (χ1) is 9.99. The Morgan fingerprint density at radius 2 is 1.81 bits per heavy atom. The molecule has 0 radical (unpaired) electrons. The molecule has 2 aromatic rings. The number of rotatable bonds is 4. The van der Waals surface area contributed by atoms with Crippen LogP contribution in [0.15, 0.2) is 48.5 Å². The van der Waals surface area contributed by atoms with Gasteiger partial charge in [-0.15, -0.1) is 0 Å². The van der Waals surface area contributed by atoms with E-state index in [-0.39, 0.29) is 10.6 Å². The van der Waals surface area contributed by atoms with Crippen LogP contribution in [0.4, 0.5) is 4.39 Å². The van der Waals surface area contributed by atoms with Crippen LogP contribution in [0.25, 0.3) is 0 Å². The Bertz CT molecular complexity index is 676. The fourth-order valence-electron chi connectivity index (χ4n) is 1.82. The minimum atomic E-state index is -1.26. The van der Waals surface area contributed by atoms with E-state index in [1.807, 2.05) is 0 Å². The maximum absolute atomic E-state index is 13.7. The Labute approximate surface area is 125 Å². The number of amides is 1. The van der Waals surface area contributed by atoms with Crippen LogP contribution in [-0.2, 0) is 4.79 Å². The van der Waals surface area contributed by atoms with E-state index in [1.165, 1.54) is 12.1 Å². The van der Waals surface area contributed by atoms with Gasteiger partial charge in [0.2, 0.25) is 0 Å². The zero-order valence-electron chi connectivity index (χ0n) is 10.7. The molecule has 21 heavy (non-hydrogen) atoms. The molecule has 2 N–H and O–H groups in total. The van der Waals surface area contributed by atoms with Crippen LogP contribution < -0.4 is 5.32 Å². The van der Waals surface area contributed by atoms with Crippen LogP contribution in [0.1, 0.15) is 22.0 Å². The number of carbonyl (C=O) groups is 2. The van der Waals surface area contributed by atoms with Crippen LogP contribution in [0.2, 0.25) is 5.02 Å². The molecule has 0 aliphatic carbocycles. The lowest BCUT2D eigenvalue weighted by Gasteiger charge is -2.15. The number of hydrogen-bond acceptors (Lipinski definition) is 2. The second-order valence-electron chi connectivity index (χ2n) is 4.28. The fourth-order valence-corrected chi connectivity index (χ4v) is 1.97. The predicted molar refractivity (Wildman–Crippen MR) is 75.7 cm³/mol. The summed E-state index contributed by atoms with van der Waals surface area (Å²) < 4.78 is 13.7. The first kappa shape index (κ1) is 15.0. The number of carboxylic acid groups (broad SMARTS) is 1. The minimum Gasteiger partial charge on any atom is -0.479 e. The summed E-state index contributed by atoms with van der Waals surface area (Å²) in [6.07, 6.45) is 0. The van der Waals surface area contributed by atoms with Gasteiger partial charge in [-0.1, -0.05) is 41.9 Å². The largest absolute Gasteiger partial charge is 0.479 e. The van der Waals surface area contributed by atoms with Gasteiger partial charge >= 0.3 is 5.97 Å². The second-order valence-corrected chi connectivity index (χ2v) is 4.72. The highest BCUT2D eigenvalue weighted by Gasteiger charge is 2.23. The van der Waals surface area contributed by atoms with E-state index in [0.717, 1.165) is 6.07 Å². The lowest BCUT2D eigenvalue weighted by atomic mass is 10.1. The summed E-state index contributed by atoms with van der Waals surface area (Å²) >= 11 is 5.61. The molecule has 1 amide bonds. The number of carbonyl (C=O) groups excluding carboxylic acids is 1. The molecule has 6 heteroatoms. The van der Waals surface area contributed by atoms with Crippen molar-refractivity contribution in [3.8, 4) is 0 Å². The molecule has 2 aromatic carbocycles. The van der Waals surface area contributed by atoms with Crippen molar-refractivity contribution in [2.45, 2.75) is 6.04 Å². The third kappa shape index (κ3) is 3.58. The van der Waals surface area contributed by atoms with Gasteiger partial charge in [0.1, 0.15) is 5.82 Å². The van der Waals surface area contributed by atoms with Gasteiger partial charge in [0, 0.05) is 5.02 Å². The molecule has 1 atom stereocenters. The van der Waals surface area contributed by atoms with Crippen molar-refractivity contribution < 1.29 is 19.1 Å². The van der Waals surface area contributed by atoms with Crippen molar-refractivity contribution in [3.63, 3.8) is 0 Å². The summed E-state index contributed by atoms with van der Waals surface area (Å²) in [5.74, 6) is -2.86. The standard InChI is InChI=1S/C15H11ClFNO3/c16-10-6-7-11(12(17)8-10)14(19)18-13(15(20)21)9-4-2-1-3-5-9/h1-8,13H,(H,18,19)(H,20,21)/t13-/m1/s1. The molecule has 0 bridgehead atoms. The first-order valence-corrected chi connectivity index (χ1v) is 6.40. The lowest BCUT2D eigenvalue weighted by Crippen LogP contribution is -2.34. The van der Waals surface area contributed by atoms with E-state index < -0.39 is 23.7 Å². The summed E-state index contributed by atoms with van der Waals surface area (Å²) in [6.45, 7) is 0. The van der Waals surface area contributed by atoms with Gasteiger partial charge in [-0.25, -0.2) is 9.18 Å². The SMILES string of the molecule is O=C(N[C@@H](C(=O)O)c1ccccc1)c1ccc(Cl)cc1F. The Morgan fingerprint density at radius 3 is 2.38 bits per heavy atom. The van der Waals surface area contributed by atoms with E-state index in [1.54, 1.807) is 30.3 Å². The molecule has 0 fully saturated rings. The van der Waals surface area contributed by atoms with Crippen molar-refractivity contribution in [3.05, 3.63) is 70.5 Å². The second kappa shape index (κ2) is 6.37. The molecular weight excluding hydrogens is 297 g/mol. The van der Waals surface area contributed by atoms with E-state index in [9.17, 15) is 19.1 Å². The van der Waals surface area contributed by atoms with Crippen LogP contribution in [0.3, 0.4) is 0 Å². The van der Waals surface area contributed by atoms with Crippen molar-refractivity contribution in [2.24, 2.45) is 0 Å². The van der Waals surface area contributed by atoms with Gasteiger partial charge in [0.15, 0.2) is 6.04 Å². The molecule has 4 nitrogen and oxygen atoms in total. The third-order valence-electron chi connectivity index (χ3n) is 2.83. The quantitative estimate of drug-likeness (QED) is 0.912. The number of halogens is 2. The van der Waals surface area contributed by atoms with E-state index in [0.29, 0.717) is 5.56 Å². The first-order valence-electron chi connectivity index (χ1n) is 6.02. The molecule has 0 saturated heterocycles. The summed E-state index contributed by atoms with van der Waals surface area (Å²) in [6, 6.07) is 10.5. The highest BCUT2D eigenvalue weighted by atomic mass is 35.5. The Hall–Kier alpha value is -2.40. The number of carboxylic acids is 1. The fraction of sp³-hybridized carbons (Fsp3) is 0.0667. The van der Waals surface area contributed by atoms with Crippen LogP contribution in [0, 0.1) is 5.82 Å². The third-order valence-corrected chi connectivity index (χ3v) is 3.07. The highest BCUT2D eigenvalue weighted by molar-refractivity contribution is 6.30. The molecule has 2 rings (SSSR count). The Kier molecular flexibility index (Phi) is 4.55. The van der Waals surface area contributed by atoms with E-state index >= 15 is 0 Å². The van der Waals surface area contributed by atoms with Crippen molar-refractivity contribution in [2.75, 3.05) is 0 Å². The van der Waals surface area contributed by atoms with Gasteiger partial charge in [-0.2, -0.15) is 0 Å². The maximum Gasteiger partial charge on any atom is 0.330 e.